The van der Waals surface area contributed by atoms with Crippen molar-refractivity contribution < 1.29 is 9.53 Å². The summed E-state index contributed by atoms with van der Waals surface area (Å²) in [7, 11) is 0. The van der Waals surface area contributed by atoms with Crippen molar-refractivity contribution in [3.63, 3.8) is 0 Å². The predicted octanol–water partition coefficient (Wildman–Crippen LogP) is 3.73. The molecule has 96 valence electrons. The molecule has 0 heterocycles. The second-order valence-electron chi connectivity index (χ2n) is 4.74. The molecule has 0 bridgehead atoms. The monoisotopic (exact) mass is 252 g/mol. The number of carbonyl (C=O) groups excluding carboxylic acids is 1. The van der Waals surface area contributed by atoms with E-state index in [1.54, 1.807) is 6.08 Å². The number of benzene rings is 2. The molecule has 0 spiro atoms. The maximum absolute atomic E-state index is 11.6. The highest BCUT2D eigenvalue weighted by atomic mass is 16.5. The van der Waals surface area contributed by atoms with Crippen LogP contribution in [0.4, 0.5) is 0 Å². The molecule has 2 aromatic carbocycles. The van der Waals surface area contributed by atoms with Crippen molar-refractivity contribution in [2.45, 2.75) is 19.8 Å². The molecule has 2 nitrogen and oxygen atoms in total. The van der Waals surface area contributed by atoms with Gasteiger partial charge in [0.15, 0.2) is 0 Å². The van der Waals surface area contributed by atoms with Gasteiger partial charge in [0, 0.05) is 6.08 Å². The predicted molar refractivity (Wildman–Crippen MR) is 76.9 cm³/mol. The Labute approximate surface area is 112 Å². The van der Waals surface area contributed by atoms with E-state index >= 15 is 0 Å². The first kappa shape index (κ1) is 12.0. The standard InChI is InChI=1S/C17H16O2/c1-2-19-16(18)11-14-10-9-13-8-7-12-5-3-4-6-15(12)17(13)14/h3-8,11H,2,9-10H2,1H3/b14-11+. The van der Waals surface area contributed by atoms with Crippen LogP contribution in [0, 0.1) is 0 Å². The van der Waals surface area contributed by atoms with Crippen LogP contribution in [0.15, 0.2) is 42.5 Å². The number of esters is 1. The van der Waals surface area contributed by atoms with Gasteiger partial charge in [0.1, 0.15) is 0 Å². The molecular weight excluding hydrogens is 236 g/mol. The van der Waals surface area contributed by atoms with Gasteiger partial charge < -0.3 is 4.74 Å². The second kappa shape index (κ2) is 4.88. The normalized spacial score (nSPS) is 15.7. The Morgan fingerprint density at radius 2 is 2.05 bits per heavy atom. The summed E-state index contributed by atoms with van der Waals surface area (Å²) in [4.78, 5) is 11.6. The third kappa shape index (κ3) is 2.14. The van der Waals surface area contributed by atoms with E-state index < -0.39 is 0 Å². The molecule has 19 heavy (non-hydrogen) atoms. The molecule has 2 heteroatoms. The van der Waals surface area contributed by atoms with Gasteiger partial charge in [-0.25, -0.2) is 4.79 Å². The van der Waals surface area contributed by atoms with Gasteiger partial charge in [0.05, 0.1) is 6.61 Å². The van der Waals surface area contributed by atoms with Crippen molar-refractivity contribution >= 4 is 22.3 Å². The maximum Gasteiger partial charge on any atom is 0.331 e. The summed E-state index contributed by atoms with van der Waals surface area (Å²) < 4.78 is 5.02. The lowest BCUT2D eigenvalue weighted by Gasteiger charge is -2.07. The van der Waals surface area contributed by atoms with Crippen molar-refractivity contribution in [1.82, 2.24) is 0 Å². The summed E-state index contributed by atoms with van der Waals surface area (Å²) in [5.74, 6) is -0.238. The van der Waals surface area contributed by atoms with Crippen LogP contribution in [0.3, 0.4) is 0 Å². The first-order chi connectivity index (χ1) is 9.29. The fraction of sp³-hybridized carbons (Fsp3) is 0.235. The van der Waals surface area contributed by atoms with E-state index in [1.165, 1.54) is 21.9 Å². The number of ether oxygens (including phenoxy) is 1. The van der Waals surface area contributed by atoms with Crippen LogP contribution in [-0.2, 0) is 16.0 Å². The smallest absolute Gasteiger partial charge is 0.331 e. The molecule has 0 saturated carbocycles. The van der Waals surface area contributed by atoms with Crippen LogP contribution in [-0.4, -0.2) is 12.6 Å². The van der Waals surface area contributed by atoms with Crippen LogP contribution in [0.25, 0.3) is 16.3 Å². The average molecular weight is 252 g/mol. The molecule has 0 amide bonds. The number of carbonyl (C=O) groups is 1. The zero-order valence-electron chi connectivity index (χ0n) is 11.0. The Morgan fingerprint density at radius 3 is 2.89 bits per heavy atom. The number of allylic oxidation sites excluding steroid dienone is 1. The molecule has 0 radical (unpaired) electrons. The van der Waals surface area contributed by atoms with Gasteiger partial charge in [-0.05, 0) is 47.2 Å². The summed E-state index contributed by atoms with van der Waals surface area (Å²) in [6.07, 6.45) is 3.58. The topological polar surface area (TPSA) is 26.3 Å². The van der Waals surface area contributed by atoms with E-state index in [0.29, 0.717) is 6.61 Å². The van der Waals surface area contributed by atoms with Crippen molar-refractivity contribution in [2.24, 2.45) is 0 Å². The van der Waals surface area contributed by atoms with E-state index in [2.05, 4.69) is 24.3 Å². The summed E-state index contributed by atoms with van der Waals surface area (Å²) >= 11 is 0. The third-order valence-corrected chi connectivity index (χ3v) is 3.58. The Kier molecular flexibility index (Phi) is 3.08. The minimum atomic E-state index is -0.238. The molecule has 0 saturated heterocycles. The molecule has 0 fully saturated rings. The highest BCUT2D eigenvalue weighted by Gasteiger charge is 2.19. The lowest BCUT2D eigenvalue weighted by molar-refractivity contribution is -0.137. The van der Waals surface area contributed by atoms with Crippen LogP contribution >= 0.6 is 0 Å². The SMILES string of the molecule is CCOC(=O)/C=C1\CCc2ccc3ccccc3c21. The highest BCUT2D eigenvalue weighted by molar-refractivity contribution is 6.01. The quantitative estimate of drug-likeness (QED) is 0.601. The molecule has 0 N–H and O–H groups in total. The lowest BCUT2D eigenvalue weighted by atomic mass is 9.98. The van der Waals surface area contributed by atoms with E-state index in [-0.39, 0.29) is 5.97 Å². The molecule has 1 aliphatic carbocycles. The summed E-state index contributed by atoms with van der Waals surface area (Å²) in [5.41, 5.74) is 3.66. The number of aryl methyl sites for hydroxylation is 1. The Bertz CT molecular complexity index is 668. The molecule has 0 unspecified atom stereocenters. The van der Waals surface area contributed by atoms with E-state index in [0.717, 1.165) is 18.4 Å². The van der Waals surface area contributed by atoms with Crippen molar-refractivity contribution in [3.05, 3.63) is 53.6 Å². The largest absolute Gasteiger partial charge is 0.463 e. The van der Waals surface area contributed by atoms with Crippen molar-refractivity contribution in [3.8, 4) is 0 Å². The maximum atomic E-state index is 11.6. The fourth-order valence-corrected chi connectivity index (χ4v) is 2.77. The van der Waals surface area contributed by atoms with Gasteiger partial charge in [0.25, 0.3) is 0 Å². The van der Waals surface area contributed by atoms with E-state index in [9.17, 15) is 4.79 Å². The van der Waals surface area contributed by atoms with Crippen LogP contribution < -0.4 is 0 Å². The minimum Gasteiger partial charge on any atom is -0.463 e. The van der Waals surface area contributed by atoms with Crippen LogP contribution in [0.5, 0.6) is 0 Å². The lowest BCUT2D eigenvalue weighted by Crippen LogP contribution is -2.00. The summed E-state index contributed by atoms with van der Waals surface area (Å²) in [6.45, 7) is 2.25. The van der Waals surface area contributed by atoms with E-state index in [4.69, 9.17) is 4.74 Å². The Hall–Kier alpha value is -2.09. The van der Waals surface area contributed by atoms with Gasteiger partial charge in [0.2, 0.25) is 0 Å². The molecule has 3 rings (SSSR count). The summed E-state index contributed by atoms with van der Waals surface area (Å²) in [6, 6.07) is 12.6. The zero-order chi connectivity index (χ0) is 13.2. The molecular formula is C17H16O2. The zero-order valence-corrected chi connectivity index (χ0v) is 11.0. The Morgan fingerprint density at radius 1 is 1.21 bits per heavy atom. The molecule has 0 aliphatic heterocycles. The first-order valence-corrected chi connectivity index (χ1v) is 6.68. The van der Waals surface area contributed by atoms with Gasteiger partial charge in [-0.3, -0.25) is 0 Å². The molecule has 0 aromatic heterocycles. The van der Waals surface area contributed by atoms with E-state index in [1.807, 2.05) is 19.1 Å². The minimum absolute atomic E-state index is 0.238. The number of fused-ring (bicyclic) bond motifs is 3. The fourth-order valence-electron chi connectivity index (χ4n) is 2.77. The Balaban J connectivity index is 2.13. The molecule has 2 aromatic rings. The second-order valence-corrected chi connectivity index (χ2v) is 4.74. The molecule has 1 aliphatic rings. The van der Waals surface area contributed by atoms with Gasteiger partial charge in [-0.15, -0.1) is 0 Å². The first-order valence-electron chi connectivity index (χ1n) is 6.68. The molecule has 0 atom stereocenters. The van der Waals surface area contributed by atoms with Crippen LogP contribution in [0.1, 0.15) is 24.5 Å². The number of hydrogen-bond donors (Lipinski definition) is 0. The number of rotatable bonds is 2. The van der Waals surface area contributed by atoms with Gasteiger partial charge in [-0.1, -0.05) is 36.4 Å². The van der Waals surface area contributed by atoms with Crippen molar-refractivity contribution in [2.75, 3.05) is 6.61 Å². The van der Waals surface area contributed by atoms with Crippen LogP contribution in [0.2, 0.25) is 0 Å². The third-order valence-electron chi connectivity index (χ3n) is 3.58. The summed E-state index contributed by atoms with van der Waals surface area (Å²) in [5, 5.41) is 2.45. The van der Waals surface area contributed by atoms with Gasteiger partial charge >= 0.3 is 5.97 Å². The van der Waals surface area contributed by atoms with Gasteiger partial charge in [-0.2, -0.15) is 0 Å². The average Bonchev–Trinajstić information content (AvgIpc) is 2.82. The number of hydrogen-bond acceptors (Lipinski definition) is 2. The highest BCUT2D eigenvalue weighted by Crippen LogP contribution is 2.37. The van der Waals surface area contributed by atoms with Crippen molar-refractivity contribution in [1.29, 1.82) is 0 Å².